The number of halogens is 1. The van der Waals surface area contributed by atoms with Crippen molar-refractivity contribution in [2.45, 2.75) is 32.9 Å². The van der Waals surface area contributed by atoms with Crippen molar-refractivity contribution in [1.29, 1.82) is 0 Å². The first-order valence-electron chi connectivity index (χ1n) is 7.53. The van der Waals surface area contributed by atoms with Crippen LogP contribution in [0.2, 0.25) is 0 Å². The van der Waals surface area contributed by atoms with Crippen LogP contribution < -0.4 is 0 Å². The lowest BCUT2D eigenvalue weighted by Gasteiger charge is -2.26. The summed E-state index contributed by atoms with van der Waals surface area (Å²) in [5, 5.41) is 9.00. The minimum Gasteiger partial charge on any atom is -0.478 e. The number of hydrogen-bond acceptors (Lipinski definition) is 3. The van der Waals surface area contributed by atoms with Gasteiger partial charge in [0.05, 0.1) is 5.56 Å². The normalized spacial score (nSPS) is 19.3. The average Bonchev–Trinajstić information content (AvgIpc) is 2.91. The second-order valence-electron chi connectivity index (χ2n) is 5.51. The summed E-state index contributed by atoms with van der Waals surface area (Å²) in [6.07, 6.45) is 1.09. The van der Waals surface area contributed by atoms with Crippen LogP contribution in [-0.2, 0) is 6.54 Å². The standard InChI is InChI=1S/C16H23FN2O2/c1-3-19(4-2)14-7-8-18(11-14)10-13-9-12(16(20)21)5-6-15(13)17/h5-6,9,14H,3-4,7-8,10-11H2,1-2H3,(H,20,21). The highest BCUT2D eigenvalue weighted by molar-refractivity contribution is 5.87. The van der Waals surface area contributed by atoms with Crippen LogP contribution in [0, 0.1) is 5.82 Å². The van der Waals surface area contributed by atoms with Gasteiger partial charge in [0.1, 0.15) is 5.82 Å². The molecule has 1 aromatic carbocycles. The van der Waals surface area contributed by atoms with Crippen LogP contribution >= 0.6 is 0 Å². The second kappa shape index (κ2) is 7.00. The largest absolute Gasteiger partial charge is 0.478 e. The van der Waals surface area contributed by atoms with E-state index in [0.717, 1.165) is 32.6 Å². The van der Waals surface area contributed by atoms with E-state index in [1.807, 2.05) is 0 Å². The Bertz CT molecular complexity index is 503. The van der Waals surface area contributed by atoms with Gasteiger partial charge in [0.25, 0.3) is 0 Å². The Morgan fingerprint density at radius 1 is 1.43 bits per heavy atom. The van der Waals surface area contributed by atoms with Gasteiger partial charge < -0.3 is 5.11 Å². The third-order valence-corrected chi connectivity index (χ3v) is 4.26. The summed E-state index contributed by atoms with van der Waals surface area (Å²) in [7, 11) is 0. The first-order chi connectivity index (χ1) is 10.0. The zero-order valence-electron chi connectivity index (χ0n) is 12.7. The van der Waals surface area contributed by atoms with Gasteiger partial charge in [0.2, 0.25) is 0 Å². The molecule has 0 amide bonds. The fourth-order valence-corrected chi connectivity index (χ4v) is 3.06. The summed E-state index contributed by atoms with van der Waals surface area (Å²) < 4.78 is 13.8. The molecule has 4 nitrogen and oxygen atoms in total. The Labute approximate surface area is 125 Å². The van der Waals surface area contributed by atoms with E-state index in [0.29, 0.717) is 18.2 Å². The minimum atomic E-state index is -1.02. The van der Waals surface area contributed by atoms with E-state index in [2.05, 4.69) is 23.6 Å². The monoisotopic (exact) mass is 294 g/mol. The van der Waals surface area contributed by atoms with Crippen LogP contribution in [0.4, 0.5) is 4.39 Å². The molecular formula is C16H23FN2O2. The first-order valence-corrected chi connectivity index (χ1v) is 7.53. The lowest BCUT2D eigenvalue weighted by Crippen LogP contribution is -2.37. The Kier molecular flexibility index (Phi) is 5.31. The summed E-state index contributed by atoms with van der Waals surface area (Å²) in [4.78, 5) is 15.6. The maximum Gasteiger partial charge on any atom is 0.335 e. The molecular weight excluding hydrogens is 271 g/mol. The molecule has 1 aliphatic heterocycles. The van der Waals surface area contributed by atoms with Gasteiger partial charge in [-0.25, -0.2) is 9.18 Å². The van der Waals surface area contributed by atoms with Crippen LogP contribution in [0.5, 0.6) is 0 Å². The van der Waals surface area contributed by atoms with Gasteiger partial charge in [0, 0.05) is 31.2 Å². The van der Waals surface area contributed by atoms with Crippen LogP contribution in [0.3, 0.4) is 0 Å². The molecule has 0 aliphatic carbocycles. The van der Waals surface area contributed by atoms with E-state index >= 15 is 0 Å². The molecule has 0 aromatic heterocycles. The van der Waals surface area contributed by atoms with Crippen molar-refractivity contribution in [3.63, 3.8) is 0 Å². The van der Waals surface area contributed by atoms with Gasteiger partial charge in [-0.1, -0.05) is 13.8 Å². The average molecular weight is 294 g/mol. The highest BCUT2D eigenvalue weighted by Gasteiger charge is 2.26. The number of benzene rings is 1. The first kappa shape index (κ1) is 15.9. The number of likely N-dealkylation sites (tertiary alicyclic amines) is 1. The summed E-state index contributed by atoms with van der Waals surface area (Å²) in [6.45, 7) is 8.68. The topological polar surface area (TPSA) is 43.8 Å². The number of carbonyl (C=O) groups is 1. The maximum absolute atomic E-state index is 13.8. The molecule has 1 saturated heterocycles. The zero-order valence-corrected chi connectivity index (χ0v) is 12.7. The third kappa shape index (κ3) is 3.80. The number of nitrogens with zero attached hydrogens (tertiary/aromatic N) is 2. The lowest BCUT2D eigenvalue weighted by molar-refractivity contribution is 0.0696. The lowest BCUT2D eigenvalue weighted by atomic mass is 10.1. The van der Waals surface area contributed by atoms with Crippen molar-refractivity contribution in [3.8, 4) is 0 Å². The predicted octanol–water partition coefficient (Wildman–Crippen LogP) is 2.44. The van der Waals surface area contributed by atoms with E-state index in [1.54, 1.807) is 0 Å². The predicted molar refractivity (Wildman–Crippen MR) is 80.0 cm³/mol. The number of hydrogen-bond donors (Lipinski definition) is 1. The van der Waals surface area contributed by atoms with E-state index < -0.39 is 5.97 Å². The fraction of sp³-hybridized carbons (Fsp3) is 0.562. The molecule has 1 heterocycles. The Balaban J connectivity index is 2.03. The molecule has 0 radical (unpaired) electrons. The van der Waals surface area contributed by atoms with Gasteiger partial charge in [0.15, 0.2) is 0 Å². The van der Waals surface area contributed by atoms with Crippen LogP contribution in [0.15, 0.2) is 18.2 Å². The second-order valence-corrected chi connectivity index (χ2v) is 5.51. The van der Waals surface area contributed by atoms with Gasteiger partial charge in [-0.3, -0.25) is 9.80 Å². The zero-order chi connectivity index (χ0) is 15.4. The van der Waals surface area contributed by atoms with Crippen LogP contribution in [-0.4, -0.2) is 53.1 Å². The summed E-state index contributed by atoms with van der Waals surface area (Å²) in [6, 6.07) is 4.52. The maximum atomic E-state index is 13.8. The quantitative estimate of drug-likeness (QED) is 0.875. The minimum absolute atomic E-state index is 0.144. The Morgan fingerprint density at radius 2 is 2.14 bits per heavy atom. The number of rotatable bonds is 6. The number of carboxylic acid groups (broad SMARTS) is 1. The molecule has 0 spiro atoms. The smallest absolute Gasteiger partial charge is 0.335 e. The van der Waals surface area contributed by atoms with Crippen molar-refractivity contribution in [2.75, 3.05) is 26.2 Å². The van der Waals surface area contributed by atoms with Crippen LogP contribution in [0.25, 0.3) is 0 Å². The Morgan fingerprint density at radius 3 is 2.76 bits per heavy atom. The van der Waals surface area contributed by atoms with Gasteiger partial charge in [-0.2, -0.15) is 0 Å². The van der Waals surface area contributed by atoms with E-state index in [1.165, 1.54) is 18.2 Å². The Hall–Kier alpha value is -1.46. The molecule has 1 unspecified atom stereocenters. The highest BCUT2D eigenvalue weighted by atomic mass is 19.1. The molecule has 1 aromatic rings. The molecule has 1 N–H and O–H groups in total. The molecule has 116 valence electrons. The van der Waals surface area contributed by atoms with Gasteiger partial charge in [-0.05, 0) is 37.7 Å². The molecule has 21 heavy (non-hydrogen) atoms. The molecule has 2 rings (SSSR count). The highest BCUT2D eigenvalue weighted by Crippen LogP contribution is 2.20. The summed E-state index contributed by atoms with van der Waals surface area (Å²) >= 11 is 0. The van der Waals surface area contributed by atoms with Crippen LogP contribution in [0.1, 0.15) is 36.2 Å². The number of carboxylic acids is 1. The third-order valence-electron chi connectivity index (χ3n) is 4.26. The van der Waals surface area contributed by atoms with Crippen molar-refractivity contribution >= 4 is 5.97 Å². The van der Waals surface area contributed by atoms with E-state index in [9.17, 15) is 9.18 Å². The molecule has 1 atom stereocenters. The van der Waals surface area contributed by atoms with Gasteiger partial charge in [-0.15, -0.1) is 0 Å². The van der Waals surface area contributed by atoms with E-state index in [4.69, 9.17) is 5.11 Å². The molecule has 0 saturated carbocycles. The van der Waals surface area contributed by atoms with E-state index in [-0.39, 0.29) is 11.4 Å². The van der Waals surface area contributed by atoms with Crippen molar-refractivity contribution in [2.24, 2.45) is 0 Å². The SMILES string of the molecule is CCN(CC)C1CCN(Cc2cc(C(=O)O)ccc2F)C1. The fourth-order valence-electron chi connectivity index (χ4n) is 3.06. The summed E-state index contributed by atoms with van der Waals surface area (Å²) in [5.41, 5.74) is 0.612. The number of likely N-dealkylation sites (N-methyl/N-ethyl adjacent to an activating group) is 1. The van der Waals surface area contributed by atoms with Crippen molar-refractivity contribution in [1.82, 2.24) is 9.80 Å². The molecule has 0 bridgehead atoms. The van der Waals surface area contributed by atoms with Crippen molar-refractivity contribution < 1.29 is 14.3 Å². The van der Waals surface area contributed by atoms with Gasteiger partial charge >= 0.3 is 5.97 Å². The summed E-state index contributed by atoms with van der Waals surface area (Å²) in [5.74, 6) is -1.34. The molecule has 1 fully saturated rings. The molecule has 1 aliphatic rings. The molecule has 5 heteroatoms. The number of aromatic carboxylic acids is 1. The van der Waals surface area contributed by atoms with Crippen molar-refractivity contribution in [3.05, 3.63) is 35.1 Å².